The zero-order valence-electron chi connectivity index (χ0n) is 21.6. The van der Waals surface area contributed by atoms with Crippen molar-refractivity contribution < 1.29 is 24.2 Å². The van der Waals surface area contributed by atoms with E-state index >= 15 is 0 Å². The molecule has 0 saturated carbocycles. The fraction of sp³-hybridized carbons (Fsp3) is 0.345. The summed E-state index contributed by atoms with van der Waals surface area (Å²) in [6.07, 6.45) is 0. The van der Waals surface area contributed by atoms with Crippen LogP contribution in [0.4, 0.5) is 0 Å². The van der Waals surface area contributed by atoms with Crippen molar-refractivity contribution in [3.8, 4) is 16.3 Å². The first-order valence-electron chi connectivity index (χ1n) is 12.8. The number of aliphatic hydroxyl groups excluding tert-OH is 1. The van der Waals surface area contributed by atoms with Crippen molar-refractivity contribution in [2.45, 2.75) is 19.9 Å². The van der Waals surface area contributed by atoms with Crippen molar-refractivity contribution in [1.82, 2.24) is 14.8 Å². The number of hydrogen-bond donors (Lipinski definition) is 1. The molecule has 2 aliphatic rings. The molecule has 1 fully saturated rings. The van der Waals surface area contributed by atoms with Gasteiger partial charge in [-0.15, -0.1) is 11.3 Å². The average Bonchev–Trinajstić information content (AvgIpc) is 3.46. The van der Waals surface area contributed by atoms with Crippen LogP contribution in [-0.4, -0.2) is 77.6 Å². The number of carbonyl (C=O) groups excluding carboxylic acids is 2. The van der Waals surface area contributed by atoms with Gasteiger partial charge in [-0.3, -0.25) is 14.5 Å². The van der Waals surface area contributed by atoms with Crippen LogP contribution in [0.2, 0.25) is 0 Å². The molecule has 9 heteroatoms. The van der Waals surface area contributed by atoms with Crippen LogP contribution in [0.25, 0.3) is 10.6 Å². The Labute approximate surface area is 226 Å². The Morgan fingerprint density at radius 1 is 1.11 bits per heavy atom. The number of rotatable bonds is 9. The van der Waals surface area contributed by atoms with E-state index in [-0.39, 0.29) is 11.4 Å². The first kappa shape index (κ1) is 26.1. The van der Waals surface area contributed by atoms with Crippen molar-refractivity contribution in [3.63, 3.8) is 0 Å². The summed E-state index contributed by atoms with van der Waals surface area (Å²) in [5.74, 6) is -0.705. The maximum absolute atomic E-state index is 14.0. The van der Waals surface area contributed by atoms with E-state index in [1.807, 2.05) is 61.5 Å². The van der Waals surface area contributed by atoms with E-state index in [4.69, 9.17) is 9.47 Å². The summed E-state index contributed by atoms with van der Waals surface area (Å²) in [5, 5.41) is 11.8. The minimum absolute atomic E-state index is 0.0903. The van der Waals surface area contributed by atoms with E-state index < -0.39 is 17.7 Å². The number of thiazole rings is 1. The highest BCUT2D eigenvalue weighted by Gasteiger charge is 2.44. The lowest BCUT2D eigenvalue weighted by Gasteiger charge is -2.31. The zero-order valence-corrected chi connectivity index (χ0v) is 22.4. The summed E-state index contributed by atoms with van der Waals surface area (Å²) in [6, 6.07) is 16.3. The summed E-state index contributed by atoms with van der Waals surface area (Å²) in [6.45, 7) is 8.08. The number of aliphatic hydroxyl groups is 1. The normalized spacial score (nSPS) is 18.3. The van der Waals surface area contributed by atoms with Crippen LogP contribution >= 0.6 is 11.3 Å². The topological polar surface area (TPSA) is 92.2 Å². The minimum Gasteiger partial charge on any atom is -0.503 e. The largest absolute Gasteiger partial charge is 0.503 e. The molecule has 1 atom stereocenters. The third kappa shape index (κ3) is 5.22. The predicted octanol–water partition coefficient (Wildman–Crippen LogP) is 4.43. The van der Waals surface area contributed by atoms with Crippen molar-refractivity contribution >= 4 is 23.0 Å². The van der Waals surface area contributed by atoms with Gasteiger partial charge in [0.05, 0.1) is 42.0 Å². The summed E-state index contributed by atoms with van der Waals surface area (Å²) in [5.41, 5.74) is 2.31. The molecule has 0 radical (unpaired) electrons. The standard InChI is InChI=1S/C29H31N3O5S/c1-3-37-22-11-9-20(10-12-22)24-23(26(34)29(35)32(24)14-13-31-15-17-36-18-16-31)25(33)27-19(2)30-28(38-27)21-7-5-4-6-8-21/h4-12,24,34H,3,13-18H2,1-2H3. The fourth-order valence-corrected chi connectivity index (χ4v) is 5.91. The Bertz CT molecular complexity index is 1330. The van der Waals surface area contributed by atoms with Crippen molar-refractivity contribution in [1.29, 1.82) is 0 Å². The van der Waals surface area contributed by atoms with Gasteiger partial charge in [-0.2, -0.15) is 0 Å². The molecule has 1 aromatic heterocycles. The number of aryl methyl sites for hydroxylation is 1. The SMILES string of the molecule is CCOc1ccc(C2C(C(=O)c3sc(-c4ccccc4)nc3C)=C(O)C(=O)N2CCN2CCOCC2)cc1. The number of nitrogens with zero attached hydrogens (tertiary/aromatic N) is 3. The molecule has 1 amide bonds. The quantitative estimate of drug-likeness (QED) is 0.407. The molecule has 1 N–H and O–H groups in total. The second-order valence-electron chi connectivity index (χ2n) is 9.25. The number of carbonyl (C=O) groups is 2. The van der Waals surface area contributed by atoms with Crippen LogP contribution in [0.1, 0.15) is 33.9 Å². The fourth-order valence-electron chi connectivity index (χ4n) is 4.88. The van der Waals surface area contributed by atoms with E-state index in [1.165, 1.54) is 11.3 Å². The number of ketones is 1. The highest BCUT2D eigenvalue weighted by atomic mass is 32.1. The number of hydrogen-bond acceptors (Lipinski definition) is 8. The van der Waals surface area contributed by atoms with E-state index in [9.17, 15) is 14.7 Å². The molecule has 0 spiro atoms. The molecule has 2 aromatic carbocycles. The number of ether oxygens (including phenoxy) is 2. The lowest BCUT2D eigenvalue weighted by atomic mass is 9.95. The van der Waals surface area contributed by atoms with Crippen LogP contribution in [0.3, 0.4) is 0 Å². The molecular formula is C29H31N3O5S. The lowest BCUT2D eigenvalue weighted by Crippen LogP contribution is -2.43. The maximum atomic E-state index is 14.0. The maximum Gasteiger partial charge on any atom is 0.290 e. The first-order valence-corrected chi connectivity index (χ1v) is 13.6. The highest BCUT2D eigenvalue weighted by molar-refractivity contribution is 7.17. The van der Waals surface area contributed by atoms with Crippen molar-refractivity contribution in [3.05, 3.63) is 82.1 Å². The van der Waals surface area contributed by atoms with Gasteiger partial charge in [0.15, 0.2) is 5.76 Å². The van der Waals surface area contributed by atoms with Crippen molar-refractivity contribution in [2.24, 2.45) is 0 Å². The molecule has 5 rings (SSSR count). The van der Waals surface area contributed by atoms with Gasteiger partial charge in [0.25, 0.3) is 5.91 Å². The van der Waals surface area contributed by atoms with Crippen LogP contribution < -0.4 is 4.74 Å². The van der Waals surface area contributed by atoms with Gasteiger partial charge in [0.1, 0.15) is 10.8 Å². The number of Topliss-reactive ketones (excluding diaryl/α,β-unsaturated/α-hetero) is 1. The molecule has 3 aromatic rings. The van der Waals surface area contributed by atoms with E-state index in [2.05, 4.69) is 9.88 Å². The van der Waals surface area contributed by atoms with Gasteiger partial charge >= 0.3 is 0 Å². The molecule has 198 valence electrons. The van der Waals surface area contributed by atoms with Gasteiger partial charge < -0.3 is 19.5 Å². The molecule has 3 heterocycles. The Kier molecular flexibility index (Phi) is 7.87. The predicted molar refractivity (Wildman–Crippen MR) is 146 cm³/mol. The smallest absolute Gasteiger partial charge is 0.290 e. The first-order chi connectivity index (χ1) is 18.5. The number of benzene rings is 2. The second kappa shape index (κ2) is 11.5. The van der Waals surface area contributed by atoms with Crippen molar-refractivity contribution in [2.75, 3.05) is 46.0 Å². The van der Waals surface area contributed by atoms with Crippen LogP contribution in [0.15, 0.2) is 65.9 Å². The van der Waals surface area contributed by atoms with Gasteiger partial charge in [0.2, 0.25) is 5.78 Å². The van der Waals surface area contributed by atoms with Gasteiger partial charge in [-0.1, -0.05) is 42.5 Å². The third-order valence-electron chi connectivity index (χ3n) is 6.84. The average molecular weight is 534 g/mol. The minimum atomic E-state index is -0.714. The van der Waals surface area contributed by atoms with E-state index in [1.54, 1.807) is 11.8 Å². The molecule has 0 bridgehead atoms. The third-order valence-corrected chi connectivity index (χ3v) is 8.04. The number of amides is 1. The Hall–Kier alpha value is -3.53. The van der Waals surface area contributed by atoms with Crippen LogP contribution in [0.5, 0.6) is 5.75 Å². The summed E-state index contributed by atoms with van der Waals surface area (Å²) in [7, 11) is 0. The van der Waals surface area contributed by atoms with Crippen LogP contribution in [0, 0.1) is 6.92 Å². The number of aromatic nitrogens is 1. The molecule has 0 aliphatic carbocycles. The zero-order chi connectivity index (χ0) is 26.6. The molecule has 2 aliphatic heterocycles. The van der Waals surface area contributed by atoms with Gasteiger partial charge in [-0.25, -0.2) is 4.98 Å². The Morgan fingerprint density at radius 2 is 1.82 bits per heavy atom. The van der Waals surface area contributed by atoms with Gasteiger partial charge in [0, 0.05) is 31.7 Å². The molecule has 1 unspecified atom stereocenters. The molecular weight excluding hydrogens is 502 g/mol. The monoisotopic (exact) mass is 533 g/mol. The van der Waals surface area contributed by atoms with E-state index in [0.717, 1.165) is 29.2 Å². The van der Waals surface area contributed by atoms with E-state index in [0.29, 0.717) is 49.2 Å². The summed E-state index contributed by atoms with van der Waals surface area (Å²) >= 11 is 1.28. The highest BCUT2D eigenvalue weighted by Crippen LogP contribution is 2.41. The molecule has 38 heavy (non-hydrogen) atoms. The molecule has 8 nitrogen and oxygen atoms in total. The Morgan fingerprint density at radius 3 is 2.50 bits per heavy atom. The van der Waals surface area contributed by atoms with Crippen LogP contribution in [-0.2, 0) is 9.53 Å². The number of morpholine rings is 1. The Balaban J connectivity index is 1.49. The second-order valence-corrected chi connectivity index (χ2v) is 10.2. The summed E-state index contributed by atoms with van der Waals surface area (Å²) in [4.78, 5) is 36.2. The lowest BCUT2D eigenvalue weighted by molar-refractivity contribution is -0.129. The molecule has 1 saturated heterocycles. The summed E-state index contributed by atoms with van der Waals surface area (Å²) < 4.78 is 11.0. The van der Waals surface area contributed by atoms with Gasteiger partial charge in [-0.05, 0) is 31.5 Å².